The van der Waals surface area contributed by atoms with Crippen LogP contribution in [-0.2, 0) is 31.9 Å². The second-order valence-electron chi connectivity index (χ2n) is 14.0. The van der Waals surface area contributed by atoms with Gasteiger partial charge in [-0.25, -0.2) is 35.1 Å². The molecule has 8 nitrogen and oxygen atoms in total. The lowest BCUT2D eigenvalue weighted by atomic mass is 10.0. The minimum Gasteiger partial charge on any atom is -1.00 e. The van der Waals surface area contributed by atoms with Crippen LogP contribution in [0, 0.1) is 0 Å². The molecule has 0 aliphatic heterocycles. The highest BCUT2D eigenvalue weighted by Gasteiger charge is 2.73. The van der Waals surface area contributed by atoms with E-state index in [1.54, 1.807) is 19.0 Å². The predicted octanol–water partition coefficient (Wildman–Crippen LogP) is 5.46. The van der Waals surface area contributed by atoms with Gasteiger partial charge in [-0.1, -0.05) is 76.6 Å². The van der Waals surface area contributed by atoms with E-state index in [1.165, 1.54) is 5.56 Å². The average molecular weight is 1070 g/mol. The number of sulfonamides is 2. The Hall–Kier alpha value is -1.84. The Kier molecular flexibility index (Phi) is 25.0. The molecule has 0 aromatic heterocycles. The fourth-order valence-electron chi connectivity index (χ4n) is 4.66. The summed E-state index contributed by atoms with van der Waals surface area (Å²) in [6, 6.07) is 19.7. The number of rotatable bonds is 19. The molecule has 0 unspecified atom stereocenters. The van der Waals surface area contributed by atoms with Crippen molar-refractivity contribution in [2.24, 2.45) is 0 Å². The van der Waals surface area contributed by atoms with Crippen LogP contribution in [0.1, 0.15) is 36.8 Å². The molecule has 0 radical (unpaired) electrons. The molecule has 0 saturated heterocycles. The van der Waals surface area contributed by atoms with Crippen molar-refractivity contribution in [2.45, 2.75) is 73.6 Å². The zero-order valence-corrected chi connectivity index (χ0v) is 37.5. The Bertz CT molecular complexity index is 1690. The first kappa shape index (κ1) is 60.2. The highest BCUT2D eigenvalue weighted by molar-refractivity contribution is 9.08. The minimum absolute atomic E-state index is 0. The van der Waals surface area contributed by atoms with Crippen molar-refractivity contribution >= 4 is 36.0 Å². The van der Waals surface area contributed by atoms with Crippen molar-refractivity contribution in [1.29, 1.82) is 0 Å². The van der Waals surface area contributed by atoms with E-state index in [-0.39, 0.29) is 30.1 Å². The van der Waals surface area contributed by atoms with Crippen LogP contribution in [0.25, 0.3) is 0 Å². The van der Waals surface area contributed by atoms with Gasteiger partial charge >= 0.3 is 24.7 Å². The SMILES string of the molecule is BrCc1ccccc1.CN(C)CCCNS(=O)(=O)CCC(F)(C(F)(F)F)C(F)(F)F.C[N+](C)(CCCNS(=O)(=O)CCC(F)(C(F)(F)F)C(F)(F)F)Cc1ccccc1.[Br-]. The lowest BCUT2D eigenvalue weighted by Crippen LogP contribution is -3.00. The molecule has 2 rings (SSSR count). The Labute approximate surface area is 360 Å². The number of nitrogens with one attached hydrogen (secondary N) is 2. The lowest BCUT2D eigenvalue weighted by molar-refractivity contribution is -0.903. The summed E-state index contributed by atoms with van der Waals surface area (Å²) in [7, 11) is -1.78. The van der Waals surface area contributed by atoms with Crippen LogP contribution < -0.4 is 26.4 Å². The number of nitrogens with zero attached hydrogens (tertiary/aromatic N) is 2. The molecule has 0 fully saturated rings. The van der Waals surface area contributed by atoms with Gasteiger partial charge in [0.1, 0.15) is 6.54 Å². The van der Waals surface area contributed by atoms with Crippen LogP contribution in [0.3, 0.4) is 0 Å². The fraction of sp³-hybridized carbons (Fsp3) is 0.647. The highest BCUT2D eigenvalue weighted by Crippen LogP contribution is 2.49. The predicted molar refractivity (Wildman–Crippen MR) is 199 cm³/mol. The number of alkyl halides is 15. The van der Waals surface area contributed by atoms with Gasteiger partial charge in [-0.05, 0) is 32.6 Å². The van der Waals surface area contributed by atoms with Crippen LogP contribution in [0.4, 0.5) is 61.5 Å². The lowest BCUT2D eigenvalue weighted by Gasteiger charge is -2.30. The first-order chi connectivity index (χ1) is 26.5. The normalized spacial score (nSPS) is 13.5. The van der Waals surface area contributed by atoms with E-state index in [9.17, 15) is 78.3 Å². The zero-order chi connectivity index (χ0) is 46.2. The summed E-state index contributed by atoms with van der Waals surface area (Å²) in [5.74, 6) is -3.25. The van der Waals surface area contributed by atoms with Crippen molar-refractivity contribution in [3.63, 3.8) is 0 Å². The average Bonchev–Trinajstić information content (AvgIpc) is 3.09. The summed E-state index contributed by atoms with van der Waals surface area (Å²) in [5, 5.41) is 0.952. The van der Waals surface area contributed by atoms with Crippen molar-refractivity contribution in [3.05, 3.63) is 71.8 Å². The van der Waals surface area contributed by atoms with Crippen LogP contribution in [-0.4, -0.2) is 128 Å². The number of quaternary nitrogens is 1. The maximum absolute atomic E-state index is 13.5. The fourth-order valence-corrected chi connectivity index (χ4v) is 7.34. The Balaban J connectivity index is 0. The molecule has 2 N–H and O–H groups in total. The van der Waals surface area contributed by atoms with E-state index in [0.717, 1.165) is 10.9 Å². The molecule has 0 aliphatic rings. The van der Waals surface area contributed by atoms with E-state index >= 15 is 0 Å². The molecule has 0 saturated carbocycles. The van der Waals surface area contributed by atoms with Gasteiger partial charge in [0, 0.05) is 43.2 Å². The molecular formula is C34H48Br2F14N4O4S2. The molecule has 2 aromatic carbocycles. The van der Waals surface area contributed by atoms with Gasteiger partial charge in [-0.15, -0.1) is 0 Å². The van der Waals surface area contributed by atoms with Crippen molar-refractivity contribution in [1.82, 2.24) is 14.3 Å². The summed E-state index contributed by atoms with van der Waals surface area (Å²) in [4.78, 5) is 1.70. The third-order valence-corrected chi connectivity index (χ3v) is 11.5. The van der Waals surface area contributed by atoms with Crippen LogP contribution in [0.2, 0.25) is 0 Å². The summed E-state index contributed by atoms with van der Waals surface area (Å²) in [6.07, 6.45) is -28.9. The first-order valence-electron chi connectivity index (χ1n) is 17.2. The van der Waals surface area contributed by atoms with Gasteiger partial charge in [0.05, 0.1) is 32.1 Å². The standard InChI is InChI=1S/C17H24F7N2O2S.C10H17F7N2O2S.C7H7Br.BrH/c1-26(2,13-14-7-4-3-5-8-14)11-6-10-25-29(27,28)12-9-15(18,16(19,20)21)17(22,23)24;1-19(2)6-3-5-18-22(20,21)7-4-8(11,9(12,13)14)10(15,16)17;8-6-7-4-2-1-3-5-7;/h3-5,7-8,25H,6,9-13H2,1-2H3;18H,3-7H2,1-2H3;1-5H,6H2;1H/q+1;;;/p-1. The zero-order valence-electron chi connectivity index (χ0n) is 32.7. The van der Waals surface area contributed by atoms with Crippen molar-refractivity contribution in [2.75, 3.05) is 65.9 Å². The molecular weight excluding hydrogens is 1020 g/mol. The number of benzene rings is 2. The molecule has 26 heteroatoms. The van der Waals surface area contributed by atoms with Crippen LogP contribution in [0.15, 0.2) is 60.7 Å². The van der Waals surface area contributed by atoms with Gasteiger partial charge in [0.25, 0.3) is 11.3 Å². The summed E-state index contributed by atoms with van der Waals surface area (Å²) in [5.41, 5.74) is -8.76. The van der Waals surface area contributed by atoms with Crippen molar-refractivity contribution in [3.8, 4) is 0 Å². The number of halogens is 16. The Morgan fingerprint density at radius 2 is 0.917 bits per heavy atom. The Morgan fingerprint density at radius 1 is 0.583 bits per heavy atom. The van der Waals surface area contributed by atoms with Gasteiger partial charge in [0.15, 0.2) is 0 Å². The number of hydrogen-bond donors (Lipinski definition) is 2. The molecule has 2 aromatic rings. The van der Waals surface area contributed by atoms with E-state index in [0.29, 0.717) is 37.0 Å². The second kappa shape index (κ2) is 24.9. The molecule has 60 heavy (non-hydrogen) atoms. The van der Waals surface area contributed by atoms with Crippen molar-refractivity contribution < 1.29 is 99.8 Å². The van der Waals surface area contributed by atoms with Gasteiger partial charge in [-0.2, -0.15) is 52.7 Å². The third kappa shape index (κ3) is 22.0. The molecule has 0 aliphatic carbocycles. The molecule has 0 heterocycles. The topological polar surface area (TPSA) is 95.6 Å². The van der Waals surface area contributed by atoms with Crippen LogP contribution in [0.5, 0.6) is 0 Å². The monoisotopic (exact) mass is 1060 g/mol. The summed E-state index contributed by atoms with van der Waals surface area (Å²) < 4.78 is 226. The maximum atomic E-state index is 13.5. The molecule has 0 spiro atoms. The quantitative estimate of drug-likeness (QED) is 0.0845. The maximum Gasteiger partial charge on any atom is 0.431 e. The molecule has 0 atom stereocenters. The molecule has 352 valence electrons. The van der Waals surface area contributed by atoms with Gasteiger partial charge < -0.3 is 26.4 Å². The second-order valence-corrected chi connectivity index (χ2v) is 18.4. The summed E-state index contributed by atoms with van der Waals surface area (Å²) >= 11 is 3.36. The van der Waals surface area contributed by atoms with E-state index in [1.807, 2.05) is 72.1 Å². The smallest absolute Gasteiger partial charge is 0.431 e. The van der Waals surface area contributed by atoms with E-state index in [4.69, 9.17) is 0 Å². The molecule has 0 amide bonds. The number of hydrogen-bond acceptors (Lipinski definition) is 5. The molecule has 0 bridgehead atoms. The van der Waals surface area contributed by atoms with Gasteiger partial charge in [-0.3, -0.25) is 0 Å². The first-order valence-corrected chi connectivity index (χ1v) is 21.7. The van der Waals surface area contributed by atoms with Crippen LogP contribution >= 0.6 is 15.9 Å². The summed E-state index contributed by atoms with van der Waals surface area (Å²) in [6.45, 7) is 1.25. The van der Waals surface area contributed by atoms with E-state index < -0.39 is 80.4 Å². The van der Waals surface area contributed by atoms with Gasteiger partial charge in [0.2, 0.25) is 20.0 Å². The highest BCUT2D eigenvalue weighted by atomic mass is 79.9. The minimum atomic E-state index is -6.26. The third-order valence-electron chi connectivity index (χ3n) is 8.04. The Morgan fingerprint density at radius 3 is 1.22 bits per heavy atom. The van der Waals surface area contributed by atoms with E-state index in [2.05, 4.69) is 28.1 Å². The largest absolute Gasteiger partial charge is 1.00 e.